The monoisotopic (exact) mass is 369 g/mol. The van der Waals surface area contributed by atoms with E-state index in [1.807, 2.05) is 72.6 Å². The summed E-state index contributed by atoms with van der Waals surface area (Å²) in [5.74, 6) is 0.860. The summed E-state index contributed by atoms with van der Waals surface area (Å²) in [6, 6.07) is 22.6. The number of para-hydroxylation sites is 2. The maximum Gasteiger partial charge on any atom is 0.229 e. The van der Waals surface area contributed by atoms with Crippen LogP contribution in [0.3, 0.4) is 0 Å². The van der Waals surface area contributed by atoms with E-state index in [9.17, 15) is 5.11 Å². The molecule has 28 heavy (non-hydrogen) atoms. The van der Waals surface area contributed by atoms with Gasteiger partial charge in [-0.15, -0.1) is 0 Å². The molecule has 0 unspecified atom stereocenters. The maximum absolute atomic E-state index is 10.2. The van der Waals surface area contributed by atoms with Crippen molar-refractivity contribution in [1.82, 2.24) is 9.55 Å². The Labute approximate surface area is 162 Å². The number of nitrogens with one attached hydrogen (secondary N) is 2. The Morgan fingerprint density at radius 3 is 2.54 bits per heavy atom. The quantitative estimate of drug-likeness (QED) is 0.373. The number of hydrogen-bond donors (Lipinski definition) is 3. The van der Waals surface area contributed by atoms with Gasteiger partial charge in [-0.1, -0.05) is 42.5 Å². The number of fused-ring (bicyclic) bond motifs is 1. The lowest BCUT2D eigenvalue weighted by molar-refractivity contribution is 0.477. The molecular formula is C22H19N5O. The molecule has 1 heterocycles. The first kappa shape index (κ1) is 17.5. The van der Waals surface area contributed by atoms with E-state index in [2.05, 4.69) is 4.98 Å². The highest BCUT2D eigenvalue weighted by atomic mass is 16.3. The molecule has 3 N–H and O–H groups in total. The Kier molecular flexibility index (Phi) is 4.37. The van der Waals surface area contributed by atoms with Gasteiger partial charge in [-0.3, -0.25) is 15.4 Å². The van der Waals surface area contributed by atoms with Gasteiger partial charge in [0, 0.05) is 23.7 Å². The topological polar surface area (TPSA) is 89.0 Å². The number of aromatic hydroxyl groups is 1. The zero-order valence-electron chi connectivity index (χ0n) is 15.3. The van der Waals surface area contributed by atoms with E-state index in [1.54, 1.807) is 12.1 Å². The van der Waals surface area contributed by atoms with Crippen LogP contribution in [-0.2, 0) is 0 Å². The molecular weight excluding hydrogens is 350 g/mol. The Morgan fingerprint density at radius 1 is 1.00 bits per heavy atom. The van der Waals surface area contributed by atoms with Crippen LogP contribution in [0.2, 0.25) is 0 Å². The highest BCUT2D eigenvalue weighted by Crippen LogP contribution is 2.33. The van der Waals surface area contributed by atoms with Crippen LogP contribution in [0.1, 0.15) is 0 Å². The second-order valence-electron chi connectivity index (χ2n) is 6.40. The zero-order chi connectivity index (χ0) is 19.7. The molecule has 0 spiro atoms. The lowest BCUT2D eigenvalue weighted by Crippen LogP contribution is -2.26. The van der Waals surface area contributed by atoms with Crippen LogP contribution in [-0.4, -0.2) is 28.0 Å². The van der Waals surface area contributed by atoms with Crippen molar-refractivity contribution in [3.8, 4) is 16.9 Å². The molecule has 0 fully saturated rings. The number of phenolic OH excluding ortho intramolecular Hbond substituents is 1. The molecule has 0 atom stereocenters. The first-order valence-corrected chi connectivity index (χ1v) is 8.79. The minimum atomic E-state index is -0.00703. The Hall–Kier alpha value is -3.93. The first-order chi connectivity index (χ1) is 13.6. The van der Waals surface area contributed by atoms with Gasteiger partial charge in [-0.05, 0) is 35.9 Å². The molecule has 0 aliphatic heterocycles. The molecule has 0 amide bonds. The minimum absolute atomic E-state index is 0.00703. The largest absolute Gasteiger partial charge is 0.507 e. The average molecular weight is 369 g/mol. The van der Waals surface area contributed by atoms with Gasteiger partial charge in [0.1, 0.15) is 11.6 Å². The molecule has 0 bridgehead atoms. The van der Waals surface area contributed by atoms with Crippen molar-refractivity contribution in [3.05, 3.63) is 78.4 Å². The normalized spacial score (nSPS) is 10.8. The standard InChI is InChI=1S/C22H19N5O/c1-26(16-8-6-7-15(13-16)17-9-3-5-12-20(17)28)21-18-10-2-4-11-19(18)27(14-23)22(24)25-21/h2-14,23-24,28H,1H3. The second-order valence-corrected chi connectivity index (χ2v) is 6.40. The highest BCUT2D eigenvalue weighted by molar-refractivity contribution is 5.94. The van der Waals surface area contributed by atoms with E-state index in [4.69, 9.17) is 10.8 Å². The lowest BCUT2D eigenvalue weighted by atomic mass is 10.0. The van der Waals surface area contributed by atoms with Gasteiger partial charge in [0.15, 0.2) is 0 Å². The molecule has 4 aromatic rings. The third-order valence-corrected chi connectivity index (χ3v) is 4.74. The van der Waals surface area contributed by atoms with E-state index < -0.39 is 0 Å². The van der Waals surface area contributed by atoms with Gasteiger partial charge in [-0.2, -0.15) is 4.98 Å². The fourth-order valence-electron chi connectivity index (χ4n) is 3.31. The smallest absolute Gasteiger partial charge is 0.229 e. The number of phenols is 1. The van der Waals surface area contributed by atoms with Crippen LogP contribution in [0.25, 0.3) is 22.0 Å². The zero-order valence-corrected chi connectivity index (χ0v) is 15.3. The maximum atomic E-state index is 10.2. The van der Waals surface area contributed by atoms with Crippen LogP contribution in [0.4, 0.5) is 11.5 Å². The number of anilines is 2. The third-order valence-electron chi connectivity index (χ3n) is 4.74. The summed E-state index contributed by atoms with van der Waals surface area (Å²) in [4.78, 5) is 6.34. The Morgan fingerprint density at radius 2 is 1.75 bits per heavy atom. The van der Waals surface area contributed by atoms with Crippen LogP contribution in [0, 0.1) is 10.8 Å². The minimum Gasteiger partial charge on any atom is -0.507 e. The number of nitrogens with zero attached hydrogens (tertiary/aromatic N) is 3. The van der Waals surface area contributed by atoms with Gasteiger partial charge in [0.05, 0.1) is 11.9 Å². The highest BCUT2D eigenvalue weighted by Gasteiger charge is 2.14. The lowest BCUT2D eigenvalue weighted by Gasteiger charge is -2.22. The van der Waals surface area contributed by atoms with Gasteiger partial charge >= 0.3 is 0 Å². The van der Waals surface area contributed by atoms with Crippen molar-refractivity contribution in [3.63, 3.8) is 0 Å². The molecule has 1 aromatic heterocycles. The van der Waals surface area contributed by atoms with Crippen LogP contribution in [0.15, 0.2) is 72.8 Å². The number of aromatic nitrogens is 2. The molecule has 3 aromatic carbocycles. The molecule has 0 radical (unpaired) electrons. The third kappa shape index (κ3) is 2.91. The van der Waals surface area contributed by atoms with Gasteiger partial charge < -0.3 is 10.0 Å². The Balaban J connectivity index is 1.87. The van der Waals surface area contributed by atoms with Gasteiger partial charge in [0.25, 0.3) is 0 Å². The summed E-state index contributed by atoms with van der Waals surface area (Å²) in [7, 11) is 1.90. The number of rotatable bonds is 4. The van der Waals surface area contributed by atoms with Crippen molar-refractivity contribution in [2.75, 3.05) is 11.9 Å². The molecule has 6 heteroatoms. The summed E-state index contributed by atoms with van der Waals surface area (Å²) in [6.45, 7) is 0. The van der Waals surface area contributed by atoms with E-state index in [0.29, 0.717) is 5.82 Å². The number of benzene rings is 3. The SMILES string of the molecule is CN(c1cccc(-c2ccccc2O)c1)c1nc(=N)n(C=N)c2ccccc12. The average Bonchev–Trinajstić information content (AvgIpc) is 2.73. The Bertz CT molecular complexity index is 1250. The summed E-state index contributed by atoms with van der Waals surface area (Å²) in [5, 5.41) is 26.8. The van der Waals surface area contributed by atoms with Crippen LogP contribution >= 0.6 is 0 Å². The number of hydrogen-bond acceptors (Lipinski definition) is 5. The predicted octanol–water partition coefficient (Wildman–Crippen LogP) is 4.11. The molecule has 0 aliphatic rings. The van der Waals surface area contributed by atoms with E-state index in [1.165, 1.54) is 4.57 Å². The van der Waals surface area contributed by atoms with Crippen molar-refractivity contribution >= 4 is 28.7 Å². The van der Waals surface area contributed by atoms with Crippen molar-refractivity contribution in [2.24, 2.45) is 0 Å². The first-order valence-electron chi connectivity index (χ1n) is 8.79. The van der Waals surface area contributed by atoms with Crippen molar-refractivity contribution in [2.45, 2.75) is 0 Å². The predicted molar refractivity (Wildman–Crippen MR) is 111 cm³/mol. The van der Waals surface area contributed by atoms with Gasteiger partial charge in [-0.25, -0.2) is 0 Å². The van der Waals surface area contributed by atoms with Crippen molar-refractivity contribution in [1.29, 1.82) is 10.8 Å². The second kappa shape index (κ2) is 7.00. The molecule has 0 saturated heterocycles. The van der Waals surface area contributed by atoms with Gasteiger partial charge in [0.2, 0.25) is 5.62 Å². The molecule has 0 aliphatic carbocycles. The van der Waals surface area contributed by atoms with Crippen LogP contribution < -0.4 is 10.5 Å². The molecule has 4 rings (SSSR count). The summed E-state index contributed by atoms with van der Waals surface area (Å²) in [5.41, 5.74) is 3.27. The summed E-state index contributed by atoms with van der Waals surface area (Å²) < 4.78 is 1.44. The summed E-state index contributed by atoms with van der Waals surface area (Å²) >= 11 is 0. The van der Waals surface area contributed by atoms with Crippen molar-refractivity contribution < 1.29 is 5.11 Å². The van der Waals surface area contributed by atoms with E-state index >= 15 is 0 Å². The van der Waals surface area contributed by atoms with Crippen LogP contribution in [0.5, 0.6) is 5.75 Å². The fourth-order valence-corrected chi connectivity index (χ4v) is 3.31. The molecule has 6 nitrogen and oxygen atoms in total. The van der Waals surface area contributed by atoms with E-state index in [0.717, 1.165) is 34.1 Å². The van der Waals surface area contributed by atoms with E-state index in [-0.39, 0.29) is 11.4 Å². The summed E-state index contributed by atoms with van der Waals surface area (Å²) in [6.07, 6.45) is 1.10. The molecule has 138 valence electrons. The molecule has 0 saturated carbocycles. The fraction of sp³-hybridized carbons (Fsp3) is 0.0455.